The molecule has 0 aromatic carbocycles. The van der Waals surface area contributed by atoms with Gasteiger partial charge in [0.2, 0.25) is 18.2 Å². The number of nitrogens with zero attached hydrogens (tertiary/aromatic N) is 3. The largest absolute Gasteiger partial charge is 0.481 e. The Bertz CT molecular complexity index is 1220. The van der Waals surface area contributed by atoms with Gasteiger partial charge in [0.05, 0.1) is 19.8 Å². The van der Waals surface area contributed by atoms with Crippen molar-refractivity contribution in [2.45, 2.75) is 18.4 Å². The zero-order chi connectivity index (χ0) is 24.6. The second-order valence-corrected chi connectivity index (χ2v) is 9.70. The fourth-order valence-corrected chi connectivity index (χ4v) is 4.96. The number of carbonyl (C=O) groups excluding carboxylic acids is 1. The van der Waals surface area contributed by atoms with E-state index in [9.17, 15) is 28.7 Å². The summed E-state index contributed by atoms with van der Waals surface area (Å²) in [5.41, 5.74) is 5.25. The van der Waals surface area contributed by atoms with Gasteiger partial charge in [0.25, 0.3) is 11.5 Å². The lowest BCUT2D eigenvalue weighted by molar-refractivity contribution is -0.745. The third-order valence-corrected chi connectivity index (χ3v) is 6.74. The first-order valence-corrected chi connectivity index (χ1v) is 12.1. The Morgan fingerprint density at radius 2 is 2.12 bits per heavy atom. The van der Waals surface area contributed by atoms with Gasteiger partial charge in [-0.25, -0.2) is 13.7 Å². The van der Waals surface area contributed by atoms with E-state index in [1.54, 1.807) is 7.05 Å². The summed E-state index contributed by atoms with van der Waals surface area (Å²) in [6.07, 6.45) is 0.526. The topological polar surface area (TPSA) is 252 Å². The van der Waals surface area contributed by atoms with E-state index in [2.05, 4.69) is 24.1 Å². The number of ether oxygens (including phenoxy) is 1. The van der Waals surface area contributed by atoms with E-state index < -0.39 is 52.2 Å². The number of aliphatic hydroxyl groups is 1. The van der Waals surface area contributed by atoms with Crippen LogP contribution in [0, 0.1) is 5.92 Å². The van der Waals surface area contributed by atoms with Crippen molar-refractivity contribution < 1.29 is 51.8 Å². The molecule has 3 rings (SSSR count). The summed E-state index contributed by atoms with van der Waals surface area (Å²) in [6.45, 7) is -0.751. The van der Waals surface area contributed by atoms with Crippen LogP contribution in [0.3, 0.4) is 0 Å². The number of rotatable bonds is 9. The minimum Gasteiger partial charge on any atom is -0.386 e. The molecule has 2 aromatic rings. The second-order valence-electron chi connectivity index (χ2n) is 6.87. The number of aromatic nitrogens is 4. The first-order chi connectivity index (χ1) is 15.3. The summed E-state index contributed by atoms with van der Waals surface area (Å²) >= 11 is 0. The average Bonchev–Trinajstić information content (AvgIpc) is 3.15. The highest BCUT2D eigenvalue weighted by molar-refractivity contribution is 7.60. The van der Waals surface area contributed by atoms with E-state index in [0.717, 1.165) is 0 Å². The number of imidazole rings is 1. The highest BCUT2D eigenvalue weighted by Crippen LogP contribution is 2.57. The van der Waals surface area contributed by atoms with Crippen LogP contribution >= 0.6 is 15.6 Å². The molecule has 19 heteroatoms. The minimum atomic E-state index is -5.34. The molecule has 17 nitrogen and oxygen atoms in total. The van der Waals surface area contributed by atoms with Gasteiger partial charge in [-0.3, -0.25) is 23.7 Å². The molecule has 1 fully saturated rings. The number of nitrogens with one attached hydrogen (secondary N) is 2. The highest BCUT2D eigenvalue weighted by Gasteiger charge is 2.47. The van der Waals surface area contributed by atoms with Crippen molar-refractivity contribution in [3.05, 3.63) is 29.0 Å². The van der Waals surface area contributed by atoms with Crippen LogP contribution in [0.2, 0.25) is 0 Å². The Balaban J connectivity index is 1.93. The van der Waals surface area contributed by atoms with Crippen LogP contribution in [0.4, 0.5) is 5.95 Å². The summed E-state index contributed by atoms with van der Waals surface area (Å²) in [4.78, 5) is 56.1. The maximum absolute atomic E-state index is 12.2. The van der Waals surface area contributed by atoms with Crippen LogP contribution in [-0.2, 0) is 34.5 Å². The fourth-order valence-electron chi connectivity index (χ4n) is 3.37. The second kappa shape index (κ2) is 9.42. The Morgan fingerprint density at radius 1 is 1.42 bits per heavy atom. The van der Waals surface area contributed by atoms with Crippen LogP contribution in [-0.4, -0.2) is 59.5 Å². The quantitative estimate of drug-likeness (QED) is 0.104. The summed E-state index contributed by atoms with van der Waals surface area (Å²) in [5.74, 6) is -1.15. The van der Waals surface area contributed by atoms with E-state index in [4.69, 9.17) is 20.3 Å². The van der Waals surface area contributed by atoms with Gasteiger partial charge in [-0.1, -0.05) is 11.1 Å². The number of nitrogen functional groups attached to an aromatic ring is 1. The third kappa shape index (κ3) is 5.73. The number of nitrogens with two attached hydrogens (primary N) is 1. The molecule has 5 atom stereocenters. The smallest absolute Gasteiger partial charge is 0.386 e. The summed E-state index contributed by atoms with van der Waals surface area (Å²) in [6, 6.07) is 0. The lowest BCUT2D eigenvalue weighted by atomic mass is 9.98. The van der Waals surface area contributed by atoms with Gasteiger partial charge in [-0.15, -0.1) is 0 Å². The fraction of sp³-hybridized carbons (Fsp3) is 0.429. The van der Waals surface area contributed by atoms with E-state index in [1.165, 1.54) is 27.7 Å². The molecule has 1 amide bonds. The zero-order valence-corrected chi connectivity index (χ0v) is 18.6. The van der Waals surface area contributed by atoms with E-state index in [0.29, 0.717) is 6.41 Å². The van der Waals surface area contributed by atoms with Crippen molar-refractivity contribution in [1.29, 1.82) is 0 Å². The molecule has 3 heterocycles. The van der Waals surface area contributed by atoms with E-state index in [1.807, 2.05) is 0 Å². The van der Waals surface area contributed by atoms with Crippen molar-refractivity contribution in [2.75, 3.05) is 12.3 Å². The van der Waals surface area contributed by atoms with E-state index in [-0.39, 0.29) is 17.1 Å². The monoisotopic (exact) mass is 511 g/mol. The molecule has 0 spiro atoms. The number of phosphoric acid groups is 2. The van der Waals surface area contributed by atoms with Crippen molar-refractivity contribution in [3.63, 3.8) is 0 Å². The molecule has 182 valence electrons. The first-order valence-electron chi connectivity index (χ1n) is 9.03. The van der Waals surface area contributed by atoms with Gasteiger partial charge in [-0.05, 0) is 6.20 Å². The zero-order valence-electron chi connectivity index (χ0n) is 16.8. The molecular weight excluding hydrogens is 490 g/mol. The van der Waals surface area contributed by atoms with Gasteiger partial charge >= 0.3 is 21.3 Å². The Hall–Kier alpha value is -2.46. The molecule has 33 heavy (non-hydrogen) atoms. The third-order valence-electron chi connectivity index (χ3n) is 4.59. The molecule has 0 radical (unpaired) electrons. The van der Waals surface area contributed by atoms with E-state index >= 15 is 0 Å². The number of carbonyl (C=O) groups is 1. The number of anilines is 1. The van der Waals surface area contributed by atoms with Crippen LogP contribution in [0.25, 0.3) is 11.2 Å². The van der Waals surface area contributed by atoms with Crippen molar-refractivity contribution in [1.82, 2.24) is 19.9 Å². The average molecular weight is 511 g/mol. The lowest BCUT2D eigenvalue weighted by Crippen LogP contribution is -2.45. The SMILES string of the molecule is Cn1c[n+]([C@@H]2O[C@H](COP(=O)(O)OP(=O)(O)O)[C@@H](/C=C/NC=O)[C@H]2O)c2nc(N)[nH]c(=O)c21. The molecule has 1 aliphatic heterocycles. The number of aromatic amines is 1. The molecule has 1 unspecified atom stereocenters. The van der Waals surface area contributed by atoms with Gasteiger partial charge in [0.15, 0.2) is 6.33 Å². The highest BCUT2D eigenvalue weighted by atomic mass is 31.3. The summed E-state index contributed by atoms with van der Waals surface area (Å²) < 4.78 is 39.5. The number of H-pyrrole nitrogens is 1. The normalized spacial score (nSPS) is 25.5. The molecule has 0 saturated carbocycles. The number of aliphatic hydroxyl groups excluding tert-OH is 1. The number of amides is 1. The van der Waals surface area contributed by atoms with Crippen molar-refractivity contribution >= 4 is 39.2 Å². The molecular formula is C14H21N6O11P2+. The Kier molecular flexibility index (Phi) is 7.18. The van der Waals surface area contributed by atoms with Crippen LogP contribution in [0.15, 0.2) is 23.4 Å². The summed E-state index contributed by atoms with van der Waals surface area (Å²) in [5, 5.41) is 13.1. The lowest BCUT2D eigenvalue weighted by Gasteiger charge is -2.18. The Labute approximate surface area is 184 Å². The molecule has 8 N–H and O–H groups in total. The molecule has 2 aromatic heterocycles. The van der Waals surface area contributed by atoms with Gasteiger partial charge in [0.1, 0.15) is 6.10 Å². The maximum Gasteiger partial charge on any atom is 0.481 e. The minimum absolute atomic E-state index is 0.0655. The predicted molar refractivity (Wildman–Crippen MR) is 107 cm³/mol. The predicted octanol–water partition coefficient (Wildman–Crippen LogP) is -2.51. The maximum atomic E-state index is 12.2. The van der Waals surface area contributed by atoms with Gasteiger partial charge in [0, 0.05) is 5.92 Å². The standard InChI is InChI=1S/C14H20N6O11P2/c1-19-6-20(11-9(19)12(23)18-14(15)17-11)13-10(22)7(2-3-16-5-21)8(30-13)4-29-33(27,28)31-32(24,25)26/h2-3,5-8,10,13,22H,4H2,1H3,(H6-,15,16,17,18,21,23,24,25,26,27,28)/p+1/b3-2+/t7-,8-,10-,13-/m1/s1. The number of aryl methyl sites for hydroxylation is 1. The number of hydrogen-bond acceptors (Lipinski definition) is 10. The molecule has 0 bridgehead atoms. The molecule has 0 aliphatic carbocycles. The van der Waals surface area contributed by atoms with Gasteiger partial charge < -0.3 is 35.6 Å². The first kappa shape index (κ1) is 25.2. The Morgan fingerprint density at radius 3 is 2.76 bits per heavy atom. The van der Waals surface area contributed by atoms with Crippen molar-refractivity contribution in [3.8, 4) is 0 Å². The number of phosphoric ester groups is 1. The van der Waals surface area contributed by atoms with Gasteiger partial charge in [-0.2, -0.15) is 4.31 Å². The van der Waals surface area contributed by atoms with Crippen LogP contribution in [0.5, 0.6) is 0 Å². The number of hydrogen-bond donors (Lipinski definition) is 7. The van der Waals surface area contributed by atoms with Crippen LogP contribution < -0.4 is 21.2 Å². The molecule has 1 saturated heterocycles. The van der Waals surface area contributed by atoms with Crippen molar-refractivity contribution in [2.24, 2.45) is 13.0 Å². The number of fused-ring (bicyclic) bond motifs is 1. The summed E-state index contributed by atoms with van der Waals surface area (Å²) in [7, 11) is -8.99. The molecule has 1 aliphatic rings. The van der Waals surface area contributed by atoms with Crippen LogP contribution in [0.1, 0.15) is 6.23 Å².